The van der Waals surface area contributed by atoms with E-state index in [-0.39, 0.29) is 30.7 Å². The monoisotopic (exact) mass is 419 g/mol. The van der Waals surface area contributed by atoms with Crippen LogP contribution in [0.3, 0.4) is 0 Å². The van der Waals surface area contributed by atoms with Gasteiger partial charge in [0.25, 0.3) is 0 Å². The molecule has 5 rings (SSSR count). The van der Waals surface area contributed by atoms with Crippen LogP contribution >= 0.6 is 0 Å². The van der Waals surface area contributed by atoms with Gasteiger partial charge in [-0.1, -0.05) is 6.07 Å². The fourth-order valence-corrected chi connectivity index (χ4v) is 3.94. The summed E-state index contributed by atoms with van der Waals surface area (Å²) >= 11 is 0. The number of aliphatic imine (C=N–C) groups is 1. The molecular weight excluding hydrogens is 398 g/mol. The summed E-state index contributed by atoms with van der Waals surface area (Å²) in [6.07, 6.45) is -3.20. The molecular formula is C18H21N5O7. The number of nitrogens with two attached hydrogens (primary N) is 1. The number of aromatic nitrogens is 2. The van der Waals surface area contributed by atoms with Crippen molar-refractivity contribution >= 4 is 11.8 Å². The molecule has 0 amide bonds. The summed E-state index contributed by atoms with van der Waals surface area (Å²) in [7, 11) is 0. The van der Waals surface area contributed by atoms with E-state index < -0.39 is 36.9 Å². The van der Waals surface area contributed by atoms with Gasteiger partial charge in [0, 0.05) is 6.42 Å². The lowest BCUT2D eigenvalue weighted by Gasteiger charge is -2.29. The highest BCUT2D eigenvalue weighted by atomic mass is 16.7. The van der Waals surface area contributed by atoms with Crippen LogP contribution in [0.5, 0.6) is 11.5 Å². The average Bonchev–Trinajstić information content (AvgIpc) is 3.40. The highest BCUT2D eigenvalue weighted by molar-refractivity contribution is 5.94. The molecule has 0 aliphatic carbocycles. The maximum Gasteiger partial charge on any atom is 0.231 e. The molecule has 1 unspecified atom stereocenters. The number of benzene rings is 1. The van der Waals surface area contributed by atoms with Gasteiger partial charge in [0.2, 0.25) is 12.5 Å². The number of imidazole rings is 1. The Morgan fingerprint density at radius 3 is 2.80 bits per heavy atom. The minimum absolute atomic E-state index is 0.0476. The number of fused-ring (bicyclic) bond motifs is 2. The van der Waals surface area contributed by atoms with Gasteiger partial charge in [-0.2, -0.15) is 0 Å². The molecule has 3 aliphatic heterocycles. The van der Waals surface area contributed by atoms with Crippen molar-refractivity contribution in [1.29, 1.82) is 0 Å². The van der Waals surface area contributed by atoms with E-state index in [1.54, 1.807) is 18.2 Å². The number of hydrogen-bond donors (Lipinski definition) is 6. The molecule has 160 valence electrons. The minimum atomic E-state index is -1.79. The second-order valence-electron chi connectivity index (χ2n) is 7.38. The third-order valence-corrected chi connectivity index (χ3v) is 5.40. The van der Waals surface area contributed by atoms with Gasteiger partial charge in [0.05, 0.1) is 12.9 Å². The summed E-state index contributed by atoms with van der Waals surface area (Å²) in [5, 5.41) is 43.9. The van der Waals surface area contributed by atoms with Gasteiger partial charge in [0.1, 0.15) is 29.8 Å². The standard InChI is InChI=1S/C18H21N5O7/c19-17-21-15-14(20-6-23(15)16-13(26)12(25)11(5-24)30-16)18(27,22-17)4-8-1-2-9-10(3-8)29-7-28-9/h1-3,6,11-13,16,24-27H,4-5,7H2,(H3,19,21,22)/t11-,12-,13-,16-,18?/m1/s1. The molecule has 1 aromatic heterocycles. The molecule has 2 aromatic rings. The Hall–Kier alpha value is -2.90. The maximum atomic E-state index is 11.3. The predicted molar refractivity (Wildman–Crippen MR) is 101 cm³/mol. The van der Waals surface area contributed by atoms with Crippen molar-refractivity contribution in [2.75, 3.05) is 18.7 Å². The first kappa shape index (κ1) is 19.1. The molecule has 30 heavy (non-hydrogen) atoms. The molecule has 12 nitrogen and oxygen atoms in total. The van der Waals surface area contributed by atoms with Crippen LogP contribution in [-0.4, -0.2) is 67.6 Å². The van der Waals surface area contributed by atoms with E-state index in [0.717, 1.165) is 0 Å². The summed E-state index contributed by atoms with van der Waals surface area (Å²) in [6, 6.07) is 5.27. The molecule has 0 saturated carbocycles. The zero-order chi connectivity index (χ0) is 21.0. The fraction of sp³-hybridized carbons (Fsp3) is 0.444. The molecule has 1 saturated heterocycles. The van der Waals surface area contributed by atoms with Crippen LogP contribution < -0.4 is 20.5 Å². The van der Waals surface area contributed by atoms with Crippen molar-refractivity contribution in [3.63, 3.8) is 0 Å². The summed E-state index contributed by atoms with van der Waals surface area (Å²) < 4.78 is 17.7. The lowest BCUT2D eigenvalue weighted by Crippen LogP contribution is -2.40. The summed E-state index contributed by atoms with van der Waals surface area (Å²) in [5.74, 6) is 1.40. The van der Waals surface area contributed by atoms with Gasteiger partial charge in [-0.25, -0.2) is 9.98 Å². The average molecular weight is 419 g/mol. The lowest BCUT2D eigenvalue weighted by atomic mass is 9.98. The van der Waals surface area contributed by atoms with Crippen LogP contribution in [0.4, 0.5) is 5.82 Å². The highest BCUT2D eigenvalue weighted by Crippen LogP contribution is 2.40. The third-order valence-electron chi connectivity index (χ3n) is 5.40. The number of guanidine groups is 1. The number of nitrogens with zero attached hydrogens (tertiary/aromatic N) is 3. The molecule has 0 radical (unpaired) electrons. The zero-order valence-electron chi connectivity index (χ0n) is 15.7. The fourth-order valence-electron chi connectivity index (χ4n) is 3.94. The van der Waals surface area contributed by atoms with Crippen molar-refractivity contribution < 1.29 is 34.6 Å². The number of aliphatic hydroxyl groups excluding tert-OH is 3. The Bertz CT molecular complexity index is 1010. The van der Waals surface area contributed by atoms with Gasteiger partial charge in [-0.3, -0.25) is 4.57 Å². The van der Waals surface area contributed by atoms with E-state index in [4.69, 9.17) is 19.9 Å². The molecule has 0 spiro atoms. The molecule has 3 aliphatic rings. The molecule has 4 heterocycles. The minimum Gasteiger partial charge on any atom is -0.454 e. The van der Waals surface area contributed by atoms with E-state index in [9.17, 15) is 20.4 Å². The number of nitrogens with one attached hydrogen (secondary N) is 1. The SMILES string of the molecule is NC1=NC(O)(Cc2ccc3c(c2)OCO3)c2ncn([C@@H]3O[C@H](CO)[C@@H](O)[C@H]3O)c2N1. The van der Waals surface area contributed by atoms with Gasteiger partial charge in [-0.15, -0.1) is 0 Å². The van der Waals surface area contributed by atoms with Crippen LogP contribution in [0.25, 0.3) is 0 Å². The van der Waals surface area contributed by atoms with Crippen LogP contribution in [0.1, 0.15) is 17.5 Å². The number of anilines is 1. The second kappa shape index (κ2) is 6.82. The largest absolute Gasteiger partial charge is 0.454 e. The van der Waals surface area contributed by atoms with Crippen molar-refractivity contribution in [2.24, 2.45) is 10.7 Å². The number of rotatable bonds is 4. The van der Waals surface area contributed by atoms with Gasteiger partial charge >= 0.3 is 0 Å². The molecule has 1 aromatic carbocycles. The van der Waals surface area contributed by atoms with E-state index in [1.165, 1.54) is 10.9 Å². The first-order valence-electron chi connectivity index (χ1n) is 9.32. The van der Waals surface area contributed by atoms with Crippen molar-refractivity contribution in [1.82, 2.24) is 9.55 Å². The van der Waals surface area contributed by atoms with Crippen molar-refractivity contribution in [3.05, 3.63) is 35.8 Å². The Morgan fingerprint density at radius 1 is 1.23 bits per heavy atom. The Balaban J connectivity index is 1.49. The number of aliphatic hydroxyl groups is 4. The van der Waals surface area contributed by atoms with Gasteiger partial charge < -0.3 is 45.7 Å². The molecule has 12 heteroatoms. The summed E-state index contributed by atoms with van der Waals surface area (Å²) in [4.78, 5) is 8.41. The lowest BCUT2D eigenvalue weighted by molar-refractivity contribution is -0.0520. The molecule has 0 bridgehead atoms. The van der Waals surface area contributed by atoms with Crippen molar-refractivity contribution in [2.45, 2.75) is 36.7 Å². The molecule has 1 fully saturated rings. The first-order chi connectivity index (χ1) is 14.4. The van der Waals surface area contributed by atoms with E-state index in [2.05, 4.69) is 15.3 Å². The van der Waals surface area contributed by atoms with Crippen LogP contribution in [0.15, 0.2) is 29.5 Å². The van der Waals surface area contributed by atoms with Gasteiger partial charge in [0.15, 0.2) is 23.7 Å². The highest BCUT2D eigenvalue weighted by Gasteiger charge is 2.46. The van der Waals surface area contributed by atoms with E-state index in [1.807, 2.05) is 0 Å². The number of ether oxygens (including phenoxy) is 3. The Labute approximate surface area is 170 Å². The van der Waals surface area contributed by atoms with E-state index in [0.29, 0.717) is 17.1 Å². The first-order valence-corrected chi connectivity index (χ1v) is 9.32. The summed E-state index contributed by atoms with van der Waals surface area (Å²) in [6.45, 7) is -0.326. The Kier molecular flexibility index (Phi) is 4.34. The van der Waals surface area contributed by atoms with Crippen molar-refractivity contribution in [3.8, 4) is 11.5 Å². The van der Waals surface area contributed by atoms with Crippen LogP contribution in [0, 0.1) is 0 Å². The Morgan fingerprint density at radius 2 is 2.03 bits per heavy atom. The smallest absolute Gasteiger partial charge is 0.231 e. The van der Waals surface area contributed by atoms with Crippen LogP contribution in [0.2, 0.25) is 0 Å². The zero-order valence-corrected chi connectivity index (χ0v) is 15.7. The quantitative estimate of drug-likeness (QED) is 0.337. The third kappa shape index (κ3) is 2.88. The maximum absolute atomic E-state index is 11.3. The predicted octanol–water partition coefficient (Wildman–Crippen LogP) is -1.65. The molecule has 7 N–H and O–H groups in total. The number of hydrogen-bond acceptors (Lipinski definition) is 11. The van der Waals surface area contributed by atoms with E-state index >= 15 is 0 Å². The second-order valence-corrected chi connectivity index (χ2v) is 7.38. The van der Waals surface area contributed by atoms with Crippen LogP contribution in [-0.2, 0) is 16.9 Å². The summed E-state index contributed by atoms with van der Waals surface area (Å²) in [5.41, 5.74) is 5.01. The van der Waals surface area contributed by atoms with Gasteiger partial charge in [-0.05, 0) is 17.7 Å². The normalized spacial score (nSPS) is 31.9. The molecule has 5 atom stereocenters. The topological polar surface area (TPSA) is 177 Å².